The van der Waals surface area contributed by atoms with Gasteiger partial charge in [0.2, 0.25) is 0 Å². The van der Waals surface area contributed by atoms with Gasteiger partial charge in [0, 0.05) is 31.2 Å². The molecular weight excluding hydrogens is 188 g/mol. The maximum atomic E-state index is 5.10. The molecule has 0 spiro atoms. The van der Waals surface area contributed by atoms with Crippen molar-refractivity contribution < 1.29 is 4.42 Å². The summed E-state index contributed by atoms with van der Waals surface area (Å²) in [5, 5.41) is 3.63. The van der Waals surface area contributed by atoms with Gasteiger partial charge in [0.15, 0.2) is 0 Å². The highest BCUT2D eigenvalue weighted by Crippen LogP contribution is 2.25. The Labute approximate surface area is 90.4 Å². The van der Waals surface area contributed by atoms with Gasteiger partial charge >= 0.3 is 0 Å². The van der Waals surface area contributed by atoms with Crippen LogP contribution in [0.4, 0.5) is 0 Å². The molecule has 3 rings (SSSR count). The highest BCUT2D eigenvalue weighted by atomic mass is 16.3. The smallest absolute Gasteiger partial charge is 0.0947 e. The number of nitrogens with zero attached hydrogens (tertiary/aromatic N) is 1. The summed E-state index contributed by atoms with van der Waals surface area (Å²) >= 11 is 0. The molecule has 82 valence electrons. The molecule has 2 atom stereocenters. The first-order chi connectivity index (χ1) is 7.42. The zero-order chi connectivity index (χ0) is 10.1. The summed E-state index contributed by atoms with van der Waals surface area (Å²) in [5.74, 6) is 0.880. The first kappa shape index (κ1) is 9.43. The van der Waals surface area contributed by atoms with Crippen molar-refractivity contribution in [3.63, 3.8) is 0 Å². The molecule has 2 saturated heterocycles. The van der Waals surface area contributed by atoms with Crippen LogP contribution in [0, 0.1) is 5.92 Å². The SMILES string of the molecule is c1cc(CN2CC3CCCNC3C2)co1. The van der Waals surface area contributed by atoms with Gasteiger partial charge in [-0.1, -0.05) is 0 Å². The van der Waals surface area contributed by atoms with Crippen molar-refractivity contribution in [2.24, 2.45) is 5.92 Å². The average molecular weight is 206 g/mol. The van der Waals surface area contributed by atoms with Crippen molar-refractivity contribution in [1.29, 1.82) is 0 Å². The number of furan rings is 1. The van der Waals surface area contributed by atoms with E-state index in [0.717, 1.165) is 18.5 Å². The fourth-order valence-corrected chi connectivity index (χ4v) is 2.91. The highest BCUT2D eigenvalue weighted by Gasteiger charge is 2.33. The molecule has 2 aliphatic heterocycles. The number of hydrogen-bond donors (Lipinski definition) is 1. The minimum absolute atomic E-state index is 0.741. The molecule has 15 heavy (non-hydrogen) atoms. The third-order valence-electron chi connectivity index (χ3n) is 3.66. The normalized spacial score (nSPS) is 31.7. The Morgan fingerprint density at radius 2 is 2.47 bits per heavy atom. The number of rotatable bonds is 2. The second kappa shape index (κ2) is 3.99. The molecule has 0 radical (unpaired) electrons. The fraction of sp³-hybridized carbons (Fsp3) is 0.667. The number of fused-ring (bicyclic) bond motifs is 1. The Bertz CT molecular complexity index is 295. The Morgan fingerprint density at radius 3 is 3.27 bits per heavy atom. The monoisotopic (exact) mass is 206 g/mol. The zero-order valence-electron chi connectivity index (χ0n) is 8.98. The molecule has 2 fully saturated rings. The van der Waals surface area contributed by atoms with E-state index in [2.05, 4.69) is 16.3 Å². The van der Waals surface area contributed by atoms with Gasteiger partial charge in [0.05, 0.1) is 12.5 Å². The lowest BCUT2D eigenvalue weighted by atomic mass is 9.94. The third kappa shape index (κ3) is 1.94. The molecule has 1 aromatic heterocycles. The Hall–Kier alpha value is -0.800. The Balaban J connectivity index is 1.60. The van der Waals surface area contributed by atoms with E-state index in [0.29, 0.717) is 0 Å². The topological polar surface area (TPSA) is 28.4 Å². The molecule has 3 heterocycles. The molecule has 0 saturated carbocycles. The highest BCUT2D eigenvalue weighted by molar-refractivity contribution is 5.06. The lowest BCUT2D eigenvalue weighted by molar-refractivity contribution is 0.311. The first-order valence-corrected chi connectivity index (χ1v) is 5.88. The van der Waals surface area contributed by atoms with E-state index in [1.54, 1.807) is 6.26 Å². The van der Waals surface area contributed by atoms with Crippen molar-refractivity contribution in [2.45, 2.75) is 25.4 Å². The van der Waals surface area contributed by atoms with Crippen LogP contribution in [0.1, 0.15) is 18.4 Å². The standard InChI is InChI=1S/C12H18N2O/c1-2-11-7-14(8-12(11)13-4-1)6-10-3-5-15-9-10/h3,5,9,11-13H,1-2,4,6-8H2. The third-order valence-corrected chi connectivity index (χ3v) is 3.66. The van der Waals surface area contributed by atoms with E-state index < -0.39 is 0 Å². The van der Waals surface area contributed by atoms with Gasteiger partial charge in [-0.2, -0.15) is 0 Å². The van der Waals surface area contributed by atoms with Gasteiger partial charge in [-0.05, 0) is 31.4 Å². The number of nitrogens with one attached hydrogen (secondary N) is 1. The van der Waals surface area contributed by atoms with Crippen molar-refractivity contribution in [2.75, 3.05) is 19.6 Å². The fourth-order valence-electron chi connectivity index (χ4n) is 2.91. The summed E-state index contributed by atoms with van der Waals surface area (Å²) in [4.78, 5) is 2.54. The van der Waals surface area contributed by atoms with Gasteiger partial charge < -0.3 is 9.73 Å². The van der Waals surface area contributed by atoms with Crippen molar-refractivity contribution in [3.05, 3.63) is 24.2 Å². The van der Waals surface area contributed by atoms with Crippen LogP contribution in [0.2, 0.25) is 0 Å². The minimum Gasteiger partial charge on any atom is -0.472 e. The Kier molecular flexibility index (Phi) is 2.51. The predicted molar refractivity (Wildman–Crippen MR) is 58.5 cm³/mol. The lowest BCUT2D eigenvalue weighted by Crippen LogP contribution is -2.40. The van der Waals surface area contributed by atoms with Gasteiger partial charge in [0.25, 0.3) is 0 Å². The molecule has 3 nitrogen and oxygen atoms in total. The minimum atomic E-state index is 0.741. The maximum Gasteiger partial charge on any atom is 0.0947 e. The summed E-state index contributed by atoms with van der Waals surface area (Å²) in [6, 6.07) is 2.81. The van der Waals surface area contributed by atoms with Gasteiger partial charge in [-0.15, -0.1) is 0 Å². The van der Waals surface area contributed by atoms with Gasteiger partial charge in [0.1, 0.15) is 0 Å². The number of hydrogen-bond acceptors (Lipinski definition) is 3. The van der Waals surface area contributed by atoms with Crippen molar-refractivity contribution in [1.82, 2.24) is 10.2 Å². The molecule has 2 unspecified atom stereocenters. The molecule has 3 heteroatoms. The summed E-state index contributed by atoms with van der Waals surface area (Å²) in [7, 11) is 0. The van der Waals surface area contributed by atoms with Crippen LogP contribution in [0.15, 0.2) is 23.0 Å². The van der Waals surface area contributed by atoms with E-state index in [1.165, 1.54) is 38.0 Å². The summed E-state index contributed by atoms with van der Waals surface area (Å²) in [6.45, 7) is 4.71. The van der Waals surface area contributed by atoms with E-state index in [-0.39, 0.29) is 0 Å². The first-order valence-electron chi connectivity index (χ1n) is 5.88. The van der Waals surface area contributed by atoms with Crippen molar-refractivity contribution >= 4 is 0 Å². The quantitative estimate of drug-likeness (QED) is 0.794. The molecular formula is C12H18N2O. The largest absolute Gasteiger partial charge is 0.472 e. The molecule has 1 N–H and O–H groups in total. The van der Waals surface area contributed by atoms with E-state index in [4.69, 9.17) is 4.42 Å². The van der Waals surface area contributed by atoms with E-state index >= 15 is 0 Å². The lowest BCUT2D eigenvalue weighted by Gasteiger charge is -2.24. The molecule has 1 aromatic rings. The second-order valence-electron chi connectivity index (χ2n) is 4.79. The van der Waals surface area contributed by atoms with E-state index in [9.17, 15) is 0 Å². The molecule has 0 amide bonds. The van der Waals surface area contributed by atoms with Crippen LogP contribution in [0.5, 0.6) is 0 Å². The van der Waals surface area contributed by atoms with Crippen LogP contribution in [0.3, 0.4) is 0 Å². The summed E-state index contributed by atoms with van der Waals surface area (Å²) < 4.78 is 5.10. The number of likely N-dealkylation sites (tertiary alicyclic amines) is 1. The van der Waals surface area contributed by atoms with Crippen LogP contribution in [0.25, 0.3) is 0 Å². The summed E-state index contributed by atoms with van der Waals surface area (Å²) in [5.41, 5.74) is 1.30. The van der Waals surface area contributed by atoms with Crippen LogP contribution < -0.4 is 5.32 Å². The molecule has 2 aliphatic rings. The van der Waals surface area contributed by atoms with Crippen molar-refractivity contribution in [3.8, 4) is 0 Å². The van der Waals surface area contributed by atoms with Crippen LogP contribution in [-0.2, 0) is 6.54 Å². The van der Waals surface area contributed by atoms with Gasteiger partial charge in [-0.25, -0.2) is 0 Å². The molecule has 0 aromatic carbocycles. The molecule has 0 bridgehead atoms. The van der Waals surface area contributed by atoms with E-state index in [1.807, 2.05) is 6.26 Å². The second-order valence-corrected chi connectivity index (χ2v) is 4.79. The van der Waals surface area contributed by atoms with Gasteiger partial charge in [-0.3, -0.25) is 4.90 Å². The molecule has 0 aliphatic carbocycles. The predicted octanol–water partition coefficient (Wildman–Crippen LogP) is 1.46. The van der Waals surface area contributed by atoms with Crippen LogP contribution in [-0.4, -0.2) is 30.6 Å². The average Bonchev–Trinajstić information content (AvgIpc) is 2.86. The zero-order valence-corrected chi connectivity index (χ0v) is 8.98. The Morgan fingerprint density at radius 1 is 1.47 bits per heavy atom. The number of piperidine rings is 1. The summed E-state index contributed by atoms with van der Waals surface area (Å²) in [6.07, 6.45) is 6.37. The maximum absolute atomic E-state index is 5.10. The van der Waals surface area contributed by atoms with Crippen LogP contribution >= 0.6 is 0 Å².